The molecule has 1 rings (SSSR count). The fraction of sp³-hybridized carbons (Fsp3) is 0.750. The molecule has 0 nitrogen and oxygen atoms in total. The van der Waals surface area contributed by atoms with Crippen LogP contribution in [0.5, 0.6) is 0 Å². The average molecular weight is 142 g/mol. The SMILES string of the molecule is CC(C)CC1C=CSC1. The van der Waals surface area contributed by atoms with Gasteiger partial charge < -0.3 is 0 Å². The van der Waals surface area contributed by atoms with Gasteiger partial charge in [0.05, 0.1) is 0 Å². The Balaban J connectivity index is 2.20. The maximum atomic E-state index is 2.34. The van der Waals surface area contributed by atoms with Crippen molar-refractivity contribution in [1.82, 2.24) is 0 Å². The Bertz CT molecular complexity index is 105. The van der Waals surface area contributed by atoms with E-state index in [9.17, 15) is 0 Å². The summed E-state index contributed by atoms with van der Waals surface area (Å²) in [4.78, 5) is 0. The normalized spacial score (nSPS) is 25.9. The van der Waals surface area contributed by atoms with Crippen molar-refractivity contribution in [2.24, 2.45) is 11.8 Å². The Morgan fingerprint density at radius 2 is 2.44 bits per heavy atom. The summed E-state index contributed by atoms with van der Waals surface area (Å²) in [5, 5.41) is 2.23. The van der Waals surface area contributed by atoms with Crippen LogP contribution in [0, 0.1) is 11.8 Å². The van der Waals surface area contributed by atoms with Gasteiger partial charge in [-0.2, -0.15) is 0 Å². The van der Waals surface area contributed by atoms with Gasteiger partial charge in [0.1, 0.15) is 0 Å². The van der Waals surface area contributed by atoms with Crippen LogP contribution in [0.3, 0.4) is 0 Å². The van der Waals surface area contributed by atoms with E-state index in [1.54, 1.807) is 0 Å². The van der Waals surface area contributed by atoms with Crippen LogP contribution in [-0.4, -0.2) is 5.75 Å². The predicted octanol–water partition coefficient (Wildman–Crippen LogP) is 2.91. The first-order chi connectivity index (χ1) is 4.29. The van der Waals surface area contributed by atoms with Crippen molar-refractivity contribution >= 4 is 11.8 Å². The van der Waals surface area contributed by atoms with Crippen LogP contribution in [0.25, 0.3) is 0 Å². The van der Waals surface area contributed by atoms with Crippen molar-refractivity contribution < 1.29 is 0 Å². The fourth-order valence-corrected chi connectivity index (χ4v) is 2.09. The van der Waals surface area contributed by atoms with Gasteiger partial charge in [-0.25, -0.2) is 0 Å². The van der Waals surface area contributed by atoms with E-state index in [1.807, 2.05) is 11.8 Å². The summed E-state index contributed by atoms with van der Waals surface area (Å²) in [5.74, 6) is 3.05. The predicted molar refractivity (Wildman–Crippen MR) is 44.5 cm³/mol. The summed E-state index contributed by atoms with van der Waals surface area (Å²) < 4.78 is 0. The minimum absolute atomic E-state index is 0.860. The molecule has 0 fully saturated rings. The van der Waals surface area contributed by atoms with Crippen molar-refractivity contribution in [2.75, 3.05) is 5.75 Å². The minimum Gasteiger partial charge on any atom is -0.134 e. The largest absolute Gasteiger partial charge is 0.134 e. The molecule has 0 bridgehead atoms. The van der Waals surface area contributed by atoms with Crippen LogP contribution in [0.4, 0.5) is 0 Å². The molecule has 0 amide bonds. The van der Waals surface area contributed by atoms with E-state index in [2.05, 4.69) is 25.3 Å². The van der Waals surface area contributed by atoms with Gasteiger partial charge in [-0.3, -0.25) is 0 Å². The molecule has 52 valence electrons. The standard InChI is InChI=1S/C8H14S/c1-7(2)5-8-3-4-9-6-8/h3-4,7-8H,5-6H2,1-2H3. The molecule has 0 aromatic rings. The second-order valence-electron chi connectivity index (χ2n) is 3.05. The molecule has 0 aliphatic carbocycles. The van der Waals surface area contributed by atoms with Gasteiger partial charge in [0.15, 0.2) is 0 Å². The second kappa shape index (κ2) is 3.31. The van der Waals surface area contributed by atoms with Gasteiger partial charge in [0.2, 0.25) is 0 Å². The third-order valence-electron chi connectivity index (χ3n) is 1.53. The lowest BCUT2D eigenvalue weighted by Crippen LogP contribution is -2.00. The molecule has 1 heteroatoms. The highest BCUT2D eigenvalue weighted by atomic mass is 32.2. The maximum absolute atomic E-state index is 2.34. The maximum Gasteiger partial charge on any atom is 0.00374 e. The van der Waals surface area contributed by atoms with Gasteiger partial charge in [-0.1, -0.05) is 19.9 Å². The Kier molecular flexibility index (Phi) is 2.65. The Morgan fingerprint density at radius 3 is 2.89 bits per heavy atom. The smallest absolute Gasteiger partial charge is 0.00374 e. The lowest BCUT2D eigenvalue weighted by Gasteiger charge is -2.08. The zero-order valence-electron chi connectivity index (χ0n) is 6.13. The van der Waals surface area contributed by atoms with Crippen LogP contribution >= 0.6 is 11.8 Å². The van der Waals surface area contributed by atoms with Crippen molar-refractivity contribution in [2.45, 2.75) is 20.3 Å². The molecule has 1 aliphatic rings. The molecule has 0 spiro atoms. The topological polar surface area (TPSA) is 0 Å². The molecule has 0 N–H and O–H groups in total. The van der Waals surface area contributed by atoms with Gasteiger partial charge in [0, 0.05) is 5.75 Å². The number of rotatable bonds is 2. The molecule has 0 aromatic heterocycles. The summed E-state index contributed by atoms with van der Waals surface area (Å²) in [6.07, 6.45) is 3.70. The summed E-state index contributed by atoms with van der Waals surface area (Å²) in [5.41, 5.74) is 0. The molecule has 9 heavy (non-hydrogen) atoms. The van der Waals surface area contributed by atoms with E-state index in [1.165, 1.54) is 12.2 Å². The zero-order chi connectivity index (χ0) is 6.69. The van der Waals surface area contributed by atoms with Crippen LogP contribution in [0.2, 0.25) is 0 Å². The molecule has 0 radical (unpaired) electrons. The molecule has 1 aliphatic heterocycles. The monoisotopic (exact) mass is 142 g/mol. The Hall–Kier alpha value is 0.0900. The molecular weight excluding hydrogens is 128 g/mol. The van der Waals surface area contributed by atoms with E-state index < -0.39 is 0 Å². The molecule has 1 atom stereocenters. The van der Waals surface area contributed by atoms with E-state index in [4.69, 9.17) is 0 Å². The van der Waals surface area contributed by atoms with Crippen molar-refractivity contribution in [3.8, 4) is 0 Å². The number of thioether (sulfide) groups is 1. The Labute approximate surface area is 61.7 Å². The first-order valence-corrected chi connectivity index (χ1v) is 4.62. The second-order valence-corrected chi connectivity index (χ2v) is 3.99. The van der Waals surface area contributed by atoms with Crippen molar-refractivity contribution in [3.63, 3.8) is 0 Å². The van der Waals surface area contributed by atoms with Gasteiger partial charge >= 0.3 is 0 Å². The van der Waals surface area contributed by atoms with Gasteiger partial charge in [0.25, 0.3) is 0 Å². The van der Waals surface area contributed by atoms with E-state index >= 15 is 0 Å². The van der Waals surface area contributed by atoms with Crippen molar-refractivity contribution in [1.29, 1.82) is 0 Å². The highest BCUT2D eigenvalue weighted by molar-refractivity contribution is 8.02. The first-order valence-electron chi connectivity index (χ1n) is 3.57. The number of allylic oxidation sites excluding steroid dienone is 1. The number of hydrogen-bond acceptors (Lipinski definition) is 1. The lowest BCUT2D eigenvalue weighted by atomic mass is 9.99. The molecule has 1 heterocycles. The van der Waals surface area contributed by atoms with E-state index in [0.29, 0.717) is 0 Å². The summed E-state index contributed by atoms with van der Waals surface area (Å²) in [7, 11) is 0. The molecule has 0 saturated heterocycles. The van der Waals surface area contributed by atoms with Gasteiger partial charge in [-0.05, 0) is 23.7 Å². The minimum atomic E-state index is 0.860. The fourth-order valence-electron chi connectivity index (χ4n) is 1.15. The van der Waals surface area contributed by atoms with Crippen LogP contribution in [-0.2, 0) is 0 Å². The number of hydrogen-bond donors (Lipinski definition) is 0. The quantitative estimate of drug-likeness (QED) is 0.571. The molecule has 1 unspecified atom stereocenters. The highest BCUT2D eigenvalue weighted by Crippen LogP contribution is 2.25. The molecular formula is C8H14S. The van der Waals surface area contributed by atoms with E-state index in [0.717, 1.165) is 11.8 Å². The van der Waals surface area contributed by atoms with Crippen molar-refractivity contribution in [3.05, 3.63) is 11.5 Å². The third kappa shape index (κ3) is 2.44. The summed E-state index contributed by atoms with van der Waals surface area (Å²) in [6.45, 7) is 4.58. The summed E-state index contributed by atoms with van der Waals surface area (Å²) in [6, 6.07) is 0. The van der Waals surface area contributed by atoms with Gasteiger partial charge in [-0.15, -0.1) is 11.8 Å². The molecule has 0 saturated carbocycles. The highest BCUT2D eigenvalue weighted by Gasteiger charge is 2.10. The summed E-state index contributed by atoms with van der Waals surface area (Å²) >= 11 is 1.94. The first kappa shape index (κ1) is 7.20. The van der Waals surface area contributed by atoms with Crippen LogP contribution < -0.4 is 0 Å². The van der Waals surface area contributed by atoms with Crippen LogP contribution in [0.1, 0.15) is 20.3 Å². The third-order valence-corrected chi connectivity index (χ3v) is 2.50. The lowest BCUT2D eigenvalue weighted by molar-refractivity contribution is 0.511. The van der Waals surface area contributed by atoms with E-state index in [-0.39, 0.29) is 0 Å². The average Bonchev–Trinajstić information content (AvgIpc) is 2.15. The Morgan fingerprint density at radius 1 is 1.67 bits per heavy atom. The molecule has 0 aromatic carbocycles. The van der Waals surface area contributed by atoms with Crippen LogP contribution in [0.15, 0.2) is 11.5 Å². The zero-order valence-corrected chi connectivity index (χ0v) is 6.95.